The highest BCUT2D eigenvalue weighted by atomic mass is 35.5. The normalized spacial score (nSPS) is 15.9. The first-order chi connectivity index (χ1) is 25.6. The molecule has 9 nitrogen and oxygen atoms in total. The molecule has 1 saturated carbocycles. The molecule has 1 aliphatic heterocycles. The number of carbonyl (C=O) groups excluding carboxylic acids is 4. The number of primary amides is 1. The van der Waals surface area contributed by atoms with E-state index in [4.69, 9.17) is 25.9 Å². The second-order valence-corrected chi connectivity index (χ2v) is 15.9. The number of piperidine rings is 1. The van der Waals surface area contributed by atoms with Crippen LogP contribution in [0.15, 0.2) is 72.8 Å². The maximum absolute atomic E-state index is 15.4. The van der Waals surface area contributed by atoms with Gasteiger partial charge in [-0.3, -0.25) is 9.59 Å². The molecule has 1 unspecified atom stereocenters. The Morgan fingerprint density at radius 2 is 1.50 bits per heavy atom. The summed E-state index contributed by atoms with van der Waals surface area (Å²) in [5, 5.41) is 4.24. The van der Waals surface area contributed by atoms with Crippen LogP contribution < -0.4 is 15.8 Å². The summed E-state index contributed by atoms with van der Waals surface area (Å²) < 4.78 is 42.8. The number of Topliss-reactive ketones (excluding diaryl/α,β-unsaturated/α-hetero) is 1. The zero-order valence-electron chi connectivity index (χ0n) is 31.0. The standard InChI is InChI=1S/C29H23ClF2O3S.C11H22N2O2.CH3NO/c30-22-12-7-19(8-13-22)18-5-10-21(11-6-18)29(31,32)25(17-33)28(34)27-15-20-9-14-24(16-26(20)36-27)35-23-3-1-2-4-23;1-11(2,3)15-10(14)12-9-5-7-13(4)8-6-9;2-1-3/h5-17,23,25H,1-4H2;9H,5-8H2,1-4H3,(H,12,14);1H,(H2,2,3). The first-order valence-electron chi connectivity index (χ1n) is 17.9. The fourth-order valence-electron chi connectivity index (χ4n) is 6.20. The van der Waals surface area contributed by atoms with Gasteiger partial charge in [0.05, 0.1) is 11.0 Å². The largest absolute Gasteiger partial charge is 0.490 e. The highest BCUT2D eigenvalue weighted by Gasteiger charge is 2.46. The Morgan fingerprint density at radius 1 is 0.926 bits per heavy atom. The van der Waals surface area contributed by atoms with Crippen LogP contribution >= 0.6 is 22.9 Å². The summed E-state index contributed by atoms with van der Waals surface area (Å²) in [7, 11) is 2.10. The Bertz CT molecular complexity index is 1850. The van der Waals surface area contributed by atoms with Gasteiger partial charge < -0.3 is 30.2 Å². The van der Waals surface area contributed by atoms with Crippen LogP contribution in [0.25, 0.3) is 21.2 Å². The third-order valence-electron chi connectivity index (χ3n) is 9.04. The molecule has 4 aromatic rings. The maximum atomic E-state index is 15.4. The van der Waals surface area contributed by atoms with E-state index in [-0.39, 0.29) is 41.4 Å². The van der Waals surface area contributed by atoms with E-state index in [2.05, 4.69) is 23.0 Å². The summed E-state index contributed by atoms with van der Waals surface area (Å²) in [4.78, 5) is 47.3. The minimum atomic E-state index is -3.66. The molecule has 2 aliphatic rings. The van der Waals surface area contributed by atoms with Gasteiger partial charge in [-0.1, -0.05) is 48.0 Å². The van der Waals surface area contributed by atoms with E-state index < -0.39 is 23.2 Å². The van der Waals surface area contributed by atoms with Crippen molar-refractivity contribution in [2.24, 2.45) is 11.7 Å². The van der Waals surface area contributed by atoms with Gasteiger partial charge >= 0.3 is 6.09 Å². The van der Waals surface area contributed by atoms with Crippen molar-refractivity contribution < 1.29 is 37.4 Å². The first-order valence-corrected chi connectivity index (χ1v) is 19.1. The fraction of sp³-hybridized carbons (Fsp3) is 0.415. The van der Waals surface area contributed by atoms with Crippen LogP contribution in [0.1, 0.15) is 74.5 Å². The predicted octanol–water partition coefficient (Wildman–Crippen LogP) is 9.04. The molecule has 54 heavy (non-hydrogen) atoms. The number of ether oxygens (including phenoxy) is 2. The monoisotopic (exact) mass is 783 g/mol. The van der Waals surface area contributed by atoms with Crippen molar-refractivity contribution in [2.75, 3.05) is 20.1 Å². The Kier molecular flexibility index (Phi) is 15.1. The third kappa shape index (κ3) is 12.1. The molecule has 1 atom stereocenters. The molecule has 1 aromatic heterocycles. The van der Waals surface area contributed by atoms with E-state index in [1.54, 1.807) is 42.5 Å². The van der Waals surface area contributed by atoms with E-state index in [1.807, 2.05) is 39.0 Å². The van der Waals surface area contributed by atoms with E-state index in [1.165, 1.54) is 12.1 Å². The minimum absolute atomic E-state index is 0.0501. The number of alkyl carbamates (subject to hydrolysis) is 1. The highest BCUT2D eigenvalue weighted by Crippen LogP contribution is 2.40. The van der Waals surface area contributed by atoms with Gasteiger partial charge in [-0.15, -0.1) is 11.3 Å². The number of thiophene rings is 1. The van der Waals surface area contributed by atoms with Gasteiger partial charge in [-0.2, -0.15) is 0 Å². The number of nitrogens with zero attached hydrogens (tertiary/aromatic N) is 1. The number of nitrogens with two attached hydrogens (primary N) is 1. The van der Waals surface area contributed by atoms with Gasteiger partial charge in [-0.05, 0) is 132 Å². The fourth-order valence-corrected chi connectivity index (χ4v) is 7.40. The number of aldehydes is 1. The molecule has 0 spiro atoms. The number of alkyl halides is 2. The number of likely N-dealkylation sites (tertiary alicyclic amines) is 1. The van der Waals surface area contributed by atoms with Gasteiger partial charge in [0.25, 0.3) is 5.92 Å². The van der Waals surface area contributed by atoms with Crippen molar-refractivity contribution >= 4 is 57.6 Å². The molecule has 0 bridgehead atoms. The SMILES string of the molecule is CN1CCC(NC(=O)OC(C)(C)C)CC1.NC=O.O=CC(C(=O)c1cc2ccc(OC3CCCC3)cc2s1)C(F)(F)c1ccc(-c2ccc(Cl)cc2)cc1. The van der Waals surface area contributed by atoms with Gasteiger partial charge in [0.1, 0.15) is 23.6 Å². The van der Waals surface area contributed by atoms with E-state index >= 15 is 8.78 Å². The van der Waals surface area contributed by atoms with Crippen LogP contribution in [0.2, 0.25) is 5.02 Å². The molecule has 2 fully saturated rings. The van der Waals surface area contributed by atoms with E-state index in [0.717, 1.165) is 84.2 Å². The van der Waals surface area contributed by atoms with Crippen LogP contribution in [-0.4, -0.2) is 67.4 Å². The Labute approximate surface area is 324 Å². The number of ketones is 1. The summed E-state index contributed by atoms with van der Waals surface area (Å²) in [6, 6.07) is 19.9. The van der Waals surface area contributed by atoms with E-state index in [9.17, 15) is 14.4 Å². The van der Waals surface area contributed by atoms with Gasteiger partial charge in [0.2, 0.25) is 6.41 Å². The van der Waals surface area contributed by atoms with E-state index in [0.29, 0.717) is 10.8 Å². The molecule has 290 valence electrons. The molecule has 3 N–H and O–H groups in total. The summed E-state index contributed by atoms with van der Waals surface area (Å²) >= 11 is 7.01. The summed E-state index contributed by atoms with van der Waals surface area (Å²) in [5.41, 5.74) is 4.91. The van der Waals surface area contributed by atoms with Crippen LogP contribution in [-0.2, 0) is 20.2 Å². The molecule has 0 radical (unpaired) electrons. The van der Waals surface area contributed by atoms with Crippen molar-refractivity contribution in [1.82, 2.24) is 10.2 Å². The molecule has 3 aromatic carbocycles. The number of amides is 2. The zero-order valence-corrected chi connectivity index (χ0v) is 32.6. The zero-order chi connectivity index (χ0) is 39.5. The molecule has 13 heteroatoms. The van der Waals surface area contributed by atoms with Crippen molar-refractivity contribution in [3.05, 3.63) is 88.3 Å². The number of rotatable bonds is 9. The van der Waals surface area contributed by atoms with Gasteiger partial charge in [0.15, 0.2) is 5.78 Å². The molecule has 1 aliphatic carbocycles. The van der Waals surface area contributed by atoms with Crippen LogP contribution in [0.4, 0.5) is 13.6 Å². The smallest absolute Gasteiger partial charge is 0.407 e. The number of nitrogens with one attached hydrogen (secondary N) is 1. The Balaban J connectivity index is 0.000000302. The number of benzene rings is 3. The lowest BCUT2D eigenvalue weighted by Crippen LogP contribution is -2.45. The lowest BCUT2D eigenvalue weighted by atomic mass is 9.90. The molecule has 6 rings (SSSR count). The van der Waals surface area contributed by atoms with Crippen molar-refractivity contribution in [2.45, 2.75) is 83.0 Å². The summed E-state index contributed by atoms with van der Waals surface area (Å²) in [6.45, 7) is 7.71. The lowest BCUT2D eigenvalue weighted by Gasteiger charge is -2.30. The number of halogens is 3. The molecular formula is C41H48ClF2N3O6S. The second-order valence-electron chi connectivity index (χ2n) is 14.4. The Hall–Kier alpha value is -4.39. The third-order valence-corrected chi connectivity index (χ3v) is 10.4. The van der Waals surface area contributed by atoms with Gasteiger partial charge in [-0.25, -0.2) is 13.6 Å². The van der Waals surface area contributed by atoms with Gasteiger partial charge in [0, 0.05) is 21.3 Å². The van der Waals surface area contributed by atoms with Crippen molar-refractivity contribution in [1.29, 1.82) is 0 Å². The summed E-state index contributed by atoms with van der Waals surface area (Å²) in [6.07, 6.45) is 6.54. The van der Waals surface area contributed by atoms with Crippen LogP contribution in [0, 0.1) is 5.92 Å². The topological polar surface area (TPSA) is 128 Å². The number of hydrogen-bond acceptors (Lipinski definition) is 8. The summed E-state index contributed by atoms with van der Waals surface area (Å²) in [5.74, 6) is -5.98. The number of fused-ring (bicyclic) bond motifs is 1. The second kappa shape index (κ2) is 19.3. The molecule has 1 saturated heterocycles. The average molecular weight is 784 g/mol. The number of hydrogen-bond donors (Lipinski definition) is 2. The van der Waals surface area contributed by atoms with Crippen LogP contribution in [0.5, 0.6) is 5.75 Å². The molecule has 2 amide bonds. The van der Waals surface area contributed by atoms with Crippen LogP contribution in [0.3, 0.4) is 0 Å². The first kappa shape index (κ1) is 42.4. The highest BCUT2D eigenvalue weighted by molar-refractivity contribution is 7.20. The quantitative estimate of drug-likeness (QED) is 0.0985. The van der Waals surface area contributed by atoms with Crippen molar-refractivity contribution in [3.8, 4) is 16.9 Å². The average Bonchev–Trinajstić information content (AvgIpc) is 3.80. The maximum Gasteiger partial charge on any atom is 0.407 e. The van der Waals surface area contributed by atoms with Crippen molar-refractivity contribution in [3.63, 3.8) is 0 Å². The minimum Gasteiger partial charge on any atom is -0.490 e. The number of carbonyl (C=O) groups is 4. The predicted molar refractivity (Wildman–Crippen MR) is 210 cm³/mol. The molecular weight excluding hydrogens is 736 g/mol. The Morgan fingerprint density at radius 3 is 2.06 bits per heavy atom. The molecule has 2 heterocycles. The lowest BCUT2D eigenvalue weighted by molar-refractivity contribution is -0.122.